The summed E-state index contributed by atoms with van der Waals surface area (Å²) >= 11 is 14.2. The molecule has 1 saturated heterocycles. The van der Waals surface area contributed by atoms with Gasteiger partial charge in [0, 0.05) is 4.47 Å². The molecule has 1 heterocycles. The number of carbonyl (C=O) groups is 2. The summed E-state index contributed by atoms with van der Waals surface area (Å²) in [5.41, 5.74) is 2.68. The van der Waals surface area contributed by atoms with E-state index in [1.807, 2.05) is 24.3 Å². The normalized spacial score (nSPS) is 14.5. The van der Waals surface area contributed by atoms with Crippen molar-refractivity contribution in [1.82, 2.24) is 4.90 Å². The maximum Gasteiger partial charge on any atom is 0.293 e. The largest absolute Gasteiger partial charge is 0.486 e. The summed E-state index contributed by atoms with van der Waals surface area (Å²) in [6.45, 7) is 0.382. The molecule has 0 atom stereocenters. The third kappa shape index (κ3) is 5.56. The van der Waals surface area contributed by atoms with Crippen LogP contribution in [0.3, 0.4) is 0 Å². The number of ether oxygens (including phenoxy) is 1. The quantitative estimate of drug-likeness (QED) is 0.267. The first-order chi connectivity index (χ1) is 16.4. The maximum absolute atomic E-state index is 12.9. The van der Waals surface area contributed by atoms with Crippen LogP contribution in [0.15, 0.2) is 74.5 Å². The van der Waals surface area contributed by atoms with Gasteiger partial charge >= 0.3 is 0 Å². The van der Waals surface area contributed by atoms with Crippen molar-refractivity contribution in [2.24, 2.45) is 0 Å². The Morgan fingerprint density at radius 2 is 1.82 bits per heavy atom. The van der Waals surface area contributed by atoms with Gasteiger partial charge in [-0.25, -0.2) is 0 Å². The summed E-state index contributed by atoms with van der Waals surface area (Å²) in [6, 6.07) is 20.2. The molecule has 1 aliphatic rings. The number of halogens is 3. The van der Waals surface area contributed by atoms with Crippen LogP contribution in [-0.2, 0) is 17.9 Å². The van der Waals surface area contributed by atoms with Gasteiger partial charge < -0.3 is 4.74 Å². The lowest BCUT2D eigenvalue weighted by Gasteiger charge is -2.13. The Morgan fingerprint density at radius 3 is 2.53 bits per heavy atom. The van der Waals surface area contributed by atoms with Gasteiger partial charge in [0.25, 0.3) is 11.1 Å². The zero-order valence-corrected chi connectivity index (χ0v) is 22.2. The van der Waals surface area contributed by atoms with Crippen LogP contribution >= 0.6 is 55.2 Å². The summed E-state index contributed by atoms with van der Waals surface area (Å²) in [5.74, 6) is 0.0773. The molecular formula is C25H15Br2ClN2O3S. The molecule has 9 heteroatoms. The lowest BCUT2D eigenvalue weighted by molar-refractivity contribution is -0.123. The first kappa shape index (κ1) is 24.6. The third-order valence-corrected chi connectivity index (χ3v) is 7.26. The number of carbonyl (C=O) groups excluding carboxylic acids is 2. The monoisotopic (exact) mass is 616 g/mol. The molecule has 34 heavy (non-hydrogen) atoms. The Balaban J connectivity index is 1.51. The molecule has 170 valence electrons. The van der Waals surface area contributed by atoms with Gasteiger partial charge in [0.1, 0.15) is 6.61 Å². The minimum absolute atomic E-state index is 0.0407. The van der Waals surface area contributed by atoms with E-state index in [0.29, 0.717) is 38.5 Å². The van der Waals surface area contributed by atoms with Crippen LogP contribution in [0, 0.1) is 11.3 Å². The molecule has 0 saturated carbocycles. The highest BCUT2D eigenvalue weighted by molar-refractivity contribution is 9.10. The number of hydrogen-bond acceptors (Lipinski definition) is 5. The topological polar surface area (TPSA) is 70.4 Å². The number of imide groups is 1. The van der Waals surface area contributed by atoms with Crippen molar-refractivity contribution in [2.75, 3.05) is 0 Å². The van der Waals surface area contributed by atoms with Crippen molar-refractivity contribution in [3.05, 3.63) is 102 Å². The van der Waals surface area contributed by atoms with Crippen molar-refractivity contribution >= 4 is 72.4 Å². The molecule has 0 spiro atoms. The van der Waals surface area contributed by atoms with E-state index in [4.69, 9.17) is 16.3 Å². The van der Waals surface area contributed by atoms with Crippen LogP contribution in [0.4, 0.5) is 4.79 Å². The van der Waals surface area contributed by atoms with Gasteiger partial charge in [-0.05, 0) is 80.8 Å². The highest BCUT2D eigenvalue weighted by atomic mass is 79.9. The van der Waals surface area contributed by atoms with E-state index in [9.17, 15) is 14.9 Å². The molecule has 0 unspecified atom stereocenters. The summed E-state index contributed by atoms with van der Waals surface area (Å²) in [5, 5.41) is 9.26. The van der Waals surface area contributed by atoms with Gasteiger partial charge in [-0.3, -0.25) is 14.5 Å². The second kappa shape index (κ2) is 10.8. The zero-order chi connectivity index (χ0) is 24.2. The van der Waals surface area contributed by atoms with E-state index in [1.54, 1.807) is 42.5 Å². The van der Waals surface area contributed by atoms with Crippen LogP contribution < -0.4 is 4.74 Å². The minimum Gasteiger partial charge on any atom is -0.486 e. The van der Waals surface area contributed by atoms with Gasteiger partial charge in [-0.2, -0.15) is 5.26 Å². The van der Waals surface area contributed by atoms with E-state index in [-0.39, 0.29) is 16.7 Å². The Hall–Kier alpha value is -2.57. The van der Waals surface area contributed by atoms with Gasteiger partial charge in [-0.15, -0.1) is 0 Å². The molecule has 3 aromatic rings. The standard InChI is InChI=1S/C25H15Br2ClN2O3S/c26-19-7-5-15(6-8-19)14-33-23-20(27)9-16(10-21(23)28)11-22-24(31)30(25(32)34-22)13-18-4-2-1-3-17(18)12-29/h1-11H,13-14H2/b22-11+. The summed E-state index contributed by atoms with van der Waals surface area (Å²) in [7, 11) is 0. The molecule has 0 aliphatic carbocycles. The van der Waals surface area contributed by atoms with Crippen LogP contribution in [0.25, 0.3) is 6.08 Å². The van der Waals surface area contributed by atoms with Crippen LogP contribution in [0.2, 0.25) is 5.02 Å². The SMILES string of the molecule is N#Cc1ccccc1CN1C(=O)S/C(=C/c2cc(Cl)c(OCc3ccc(Br)cc3)c(Br)c2)C1=O. The molecule has 3 aromatic carbocycles. The highest BCUT2D eigenvalue weighted by Crippen LogP contribution is 2.38. The van der Waals surface area contributed by atoms with Crippen molar-refractivity contribution < 1.29 is 14.3 Å². The number of amides is 2. The number of nitrogens with zero attached hydrogens (tertiary/aromatic N) is 2. The maximum atomic E-state index is 12.9. The van der Waals surface area contributed by atoms with Crippen molar-refractivity contribution in [1.29, 1.82) is 5.26 Å². The van der Waals surface area contributed by atoms with Gasteiger partial charge in [-0.1, -0.05) is 57.9 Å². The van der Waals surface area contributed by atoms with Crippen LogP contribution in [0.5, 0.6) is 5.75 Å². The molecule has 1 aliphatic heterocycles. The predicted octanol–water partition coefficient (Wildman–Crippen LogP) is 7.55. The Morgan fingerprint density at radius 1 is 1.09 bits per heavy atom. The molecule has 2 amide bonds. The number of hydrogen-bond donors (Lipinski definition) is 0. The molecule has 0 bridgehead atoms. The molecule has 0 N–H and O–H groups in total. The third-order valence-electron chi connectivity index (χ3n) is 4.95. The number of nitriles is 1. The first-order valence-corrected chi connectivity index (χ1v) is 12.7. The Labute approximate surface area is 222 Å². The Bertz CT molecular complexity index is 1330. The summed E-state index contributed by atoms with van der Waals surface area (Å²) < 4.78 is 7.50. The van der Waals surface area contributed by atoms with Gasteiger partial charge in [0.05, 0.1) is 32.6 Å². The fourth-order valence-corrected chi connectivity index (χ4v) is 5.35. The van der Waals surface area contributed by atoms with Crippen LogP contribution in [0.1, 0.15) is 22.3 Å². The fraction of sp³-hybridized carbons (Fsp3) is 0.0800. The number of rotatable bonds is 6. The Kier molecular flexibility index (Phi) is 7.79. The van der Waals surface area contributed by atoms with Crippen LogP contribution in [-0.4, -0.2) is 16.0 Å². The average molecular weight is 619 g/mol. The lowest BCUT2D eigenvalue weighted by atomic mass is 10.1. The molecule has 0 aromatic heterocycles. The lowest BCUT2D eigenvalue weighted by Crippen LogP contribution is -2.27. The molecule has 5 nitrogen and oxygen atoms in total. The van der Waals surface area contributed by atoms with Gasteiger partial charge in [0.2, 0.25) is 0 Å². The smallest absolute Gasteiger partial charge is 0.293 e. The van der Waals surface area contributed by atoms with E-state index < -0.39 is 5.91 Å². The van der Waals surface area contributed by atoms with Gasteiger partial charge in [0.15, 0.2) is 5.75 Å². The second-order valence-electron chi connectivity index (χ2n) is 7.27. The number of benzene rings is 3. The highest BCUT2D eigenvalue weighted by Gasteiger charge is 2.35. The summed E-state index contributed by atoms with van der Waals surface area (Å²) in [4.78, 5) is 26.8. The van der Waals surface area contributed by atoms with Crippen molar-refractivity contribution in [3.63, 3.8) is 0 Å². The van der Waals surface area contributed by atoms with E-state index in [1.165, 1.54) is 0 Å². The predicted molar refractivity (Wildman–Crippen MR) is 140 cm³/mol. The molecule has 4 rings (SSSR count). The zero-order valence-electron chi connectivity index (χ0n) is 17.4. The van der Waals surface area contributed by atoms with E-state index in [0.717, 1.165) is 26.7 Å². The number of thioether (sulfide) groups is 1. The average Bonchev–Trinajstić information content (AvgIpc) is 3.07. The van der Waals surface area contributed by atoms with E-state index in [2.05, 4.69) is 37.9 Å². The summed E-state index contributed by atoms with van der Waals surface area (Å²) in [6.07, 6.45) is 1.62. The molecular weight excluding hydrogens is 604 g/mol. The van der Waals surface area contributed by atoms with Crippen molar-refractivity contribution in [2.45, 2.75) is 13.2 Å². The van der Waals surface area contributed by atoms with Crippen molar-refractivity contribution in [3.8, 4) is 11.8 Å². The first-order valence-electron chi connectivity index (χ1n) is 9.95. The molecule has 1 fully saturated rings. The van der Waals surface area contributed by atoms with E-state index >= 15 is 0 Å². The minimum atomic E-state index is -0.412. The molecule has 0 radical (unpaired) electrons. The fourth-order valence-electron chi connectivity index (χ4n) is 3.26. The second-order valence-corrected chi connectivity index (χ2v) is 10.4.